The molecule has 33 heavy (non-hydrogen) atoms. The summed E-state index contributed by atoms with van der Waals surface area (Å²) in [5, 5.41) is 2.80. The molecule has 0 spiro atoms. The number of nitrogens with zero attached hydrogens (tertiary/aromatic N) is 2. The fourth-order valence-corrected chi connectivity index (χ4v) is 4.20. The van der Waals surface area contributed by atoms with Crippen molar-refractivity contribution in [3.05, 3.63) is 83.2 Å². The van der Waals surface area contributed by atoms with Crippen LogP contribution in [-0.4, -0.2) is 28.7 Å². The molecular weight excluding hydrogens is 438 g/mol. The third-order valence-electron chi connectivity index (χ3n) is 6.07. The van der Waals surface area contributed by atoms with Gasteiger partial charge in [-0.2, -0.15) is 13.2 Å². The molecule has 1 aromatic heterocycles. The first-order valence-electron chi connectivity index (χ1n) is 10.5. The van der Waals surface area contributed by atoms with Crippen molar-refractivity contribution >= 4 is 5.91 Å². The van der Waals surface area contributed by atoms with E-state index in [0.717, 1.165) is 12.1 Å². The second-order valence-corrected chi connectivity index (χ2v) is 8.09. The van der Waals surface area contributed by atoms with Crippen LogP contribution < -0.4 is 5.32 Å². The molecule has 0 aliphatic carbocycles. The van der Waals surface area contributed by atoms with Crippen molar-refractivity contribution < 1.29 is 27.1 Å². The summed E-state index contributed by atoms with van der Waals surface area (Å²) >= 11 is 0. The van der Waals surface area contributed by atoms with Crippen molar-refractivity contribution in [1.29, 1.82) is 0 Å². The maximum Gasteiger partial charge on any atom is 0.416 e. The Morgan fingerprint density at radius 1 is 1.18 bits per heavy atom. The molecule has 1 fully saturated rings. The Morgan fingerprint density at radius 2 is 1.94 bits per heavy atom. The Bertz CT molecular complexity index is 1150. The molecule has 1 N–H and O–H groups in total. The lowest BCUT2D eigenvalue weighted by molar-refractivity contribution is -0.138. The average Bonchev–Trinajstić information content (AvgIpc) is 3.23. The van der Waals surface area contributed by atoms with Gasteiger partial charge in [-0.15, -0.1) is 0 Å². The lowest BCUT2D eigenvalue weighted by atomic mass is 9.73. The lowest BCUT2D eigenvalue weighted by Crippen LogP contribution is -2.48. The summed E-state index contributed by atoms with van der Waals surface area (Å²) in [4.78, 5) is 17.4. The Morgan fingerprint density at radius 3 is 2.58 bits per heavy atom. The molecular formula is C24H23F4N3O2. The fourth-order valence-electron chi connectivity index (χ4n) is 4.20. The Balaban J connectivity index is 1.55. The normalized spacial score (nSPS) is 15.9. The summed E-state index contributed by atoms with van der Waals surface area (Å²) in [6.45, 7) is 2.32. The zero-order valence-corrected chi connectivity index (χ0v) is 18.0. The number of amides is 1. The first kappa shape index (κ1) is 23.0. The van der Waals surface area contributed by atoms with Gasteiger partial charge < -0.3 is 14.6 Å². The maximum atomic E-state index is 14.7. The van der Waals surface area contributed by atoms with Gasteiger partial charge in [-0.05, 0) is 49.1 Å². The predicted molar refractivity (Wildman–Crippen MR) is 113 cm³/mol. The minimum atomic E-state index is -4.51. The first-order chi connectivity index (χ1) is 15.7. The van der Waals surface area contributed by atoms with Crippen LogP contribution in [0.4, 0.5) is 17.6 Å². The van der Waals surface area contributed by atoms with Gasteiger partial charge in [-0.1, -0.05) is 24.3 Å². The van der Waals surface area contributed by atoms with Crippen molar-refractivity contribution in [1.82, 2.24) is 14.9 Å². The van der Waals surface area contributed by atoms with Crippen molar-refractivity contribution in [2.24, 2.45) is 0 Å². The summed E-state index contributed by atoms with van der Waals surface area (Å²) in [5.41, 5.74) is -0.772. The van der Waals surface area contributed by atoms with E-state index in [1.165, 1.54) is 12.1 Å². The van der Waals surface area contributed by atoms with Gasteiger partial charge in [-0.25, -0.2) is 9.37 Å². The minimum Gasteiger partial charge on any atom is -0.381 e. The highest BCUT2D eigenvalue weighted by Gasteiger charge is 2.43. The van der Waals surface area contributed by atoms with E-state index in [-0.39, 0.29) is 32.6 Å². The van der Waals surface area contributed by atoms with Gasteiger partial charge in [-0.3, -0.25) is 4.79 Å². The molecule has 2 heterocycles. The molecule has 0 atom stereocenters. The van der Waals surface area contributed by atoms with Gasteiger partial charge in [0.25, 0.3) is 0 Å². The smallest absolute Gasteiger partial charge is 0.381 e. The fraction of sp³-hybridized carbons (Fsp3) is 0.333. The number of imidazole rings is 1. The number of ether oxygens (including phenoxy) is 1. The third-order valence-corrected chi connectivity index (χ3v) is 6.07. The number of rotatable bonds is 5. The van der Waals surface area contributed by atoms with Gasteiger partial charge in [0.15, 0.2) is 0 Å². The number of benzene rings is 2. The number of carbonyl (C=O) groups excluding carboxylic acids is 1. The third kappa shape index (κ3) is 4.64. The summed E-state index contributed by atoms with van der Waals surface area (Å²) in [5.74, 6) is -0.237. The van der Waals surface area contributed by atoms with Crippen molar-refractivity contribution in [3.8, 4) is 5.69 Å². The molecule has 2 aromatic carbocycles. The van der Waals surface area contributed by atoms with Crippen LogP contribution in [0, 0.1) is 12.7 Å². The second kappa shape index (κ2) is 8.97. The van der Waals surface area contributed by atoms with E-state index < -0.39 is 28.9 Å². The van der Waals surface area contributed by atoms with Gasteiger partial charge in [0.1, 0.15) is 11.6 Å². The number of nitrogens with one attached hydrogen (secondary N) is 1. The Kier molecular flexibility index (Phi) is 6.25. The maximum absolute atomic E-state index is 14.7. The molecule has 1 amide bonds. The Labute approximate surface area is 188 Å². The summed E-state index contributed by atoms with van der Waals surface area (Å²) in [6, 6.07) is 9.50. The second-order valence-electron chi connectivity index (χ2n) is 8.09. The van der Waals surface area contributed by atoms with Crippen LogP contribution in [0.25, 0.3) is 5.69 Å². The van der Waals surface area contributed by atoms with Crippen molar-refractivity contribution in [2.45, 2.75) is 37.9 Å². The topological polar surface area (TPSA) is 56.2 Å². The molecule has 9 heteroatoms. The van der Waals surface area contributed by atoms with Gasteiger partial charge in [0.2, 0.25) is 5.91 Å². The van der Waals surface area contributed by atoms with E-state index in [1.54, 1.807) is 42.1 Å². The molecule has 1 aliphatic rings. The molecule has 1 saturated heterocycles. The first-order valence-corrected chi connectivity index (χ1v) is 10.5. The number of aromatic nitrogens is 2. The summed E-state index contributed by atoms with van der Waals surface area (Å²) < 4.78 is 61.5. The van der Waals surface area contributed by atoms with Gasteiger partial charge >= 0.3 is 6.18 Å². The van der Waals surface area contributed by atoms with Crippen LogP contribution in [-0.2, 0) is 27.7 Å². The van der Waals surface area contributed by atoms with Crippen molar-refractivity contribution in [2.75, 3.05) is 13.2 Å². The van der Waals surface area contributed by atoms with Crippen LogP contribution in [0.1, 0.15) is 35.4 Å². The summed E-state index contributed by atoms with van der Waals surface area (Å²) in [7, 11) is 0. The monoisotopic (exact) mass is 461 g/mol. The molecule has 1 aliphatic heterocycles. The molecule has 3 aromatic rings. The number of halogens is 4. The standard InChI is InChI=1S/C24H23F4N3O2/c1-16-29-9-10-31(16)21-6-5-17(13-20(21)25)15-30-22(32)23(7-11-33-12-8-23)18-3-2-4-19(14-18)24(26,27)28/h2-6,9-10,13-14H,7-8,11-12,15H2,1H3,(H,30,32). The van der Waals surface area contributed by atoms with Crippen LogP contribution in [0.2, 0.25) is 0 Å². The minimum absolute atomic E-state index is 0.0422. The largest absolute Gasteiger partial charge is 0.416 e. The number of hydrogen-bond acceptors (Lipinski definition) is 3. The highest BCUT2D eigenvalue weighted by atomic mass is 19.4. The van der Waals surface area contributed by atoms with E-state index in [0.29, 0.717) is 22.6 Å². The van der Waals surface area contributed by atoms with E-state index in [4.69, 9.17) is 4.74 Å². The number of carbonyl (C=O) groups is 1. The molecule has 4 rings (SSSR count). The van der Waals surface area contributed by atoms with E-state index in [1.807, 2.05) is 0 Å². The molecule has 5 nitrogen and oxygen atoms in total. The van der Waals surface area contributed by atoms with Crippen LogP contribution >= 0.6 is 0 Å². The molecule has 0 unspecified atom stereocenters. The number of aryl methyl sites for hydroxylation is 1. The molecule has 174 valence electrons. The quantitative estimate of drug-likeness (QED) is 0.561. The van der Waals surface area contributed by atoms with E-state index >= 15 is 0 Å². The Hall–Kier alpha value is -3.20. The van der Waals surface area contributed by atoms with Gasteiger partial charge in [0.05, 0.1) is 16.7 Å². The molecule has 0 saturated carbocycles. The number of hydrogen-bond donors (Lipinski definition) is 1. The summed E-state index contributed by atoms with van der Waals surface area (Å²) in [6.07, 6.45) is -0.768. The van der Waals surface area contributed by atoms with Crippen LogP contribution in [0.15, 0.2) is 54.9 Å². The van der Waals surface area contributed by atoms with E-state index in [2.05, 4.69) is 10.3 Å². The molecule has 0 radical (unpaired) electrons. The highest BCUT2D eigenvalue weighted by molar-refractivity contribution is 5.88. The lowest BCUT2D eigenvalue weighted by Gasteiger charge is -2.36. The predicted octanol–water partition coefficient (Wildman–Crippen LogP) is 4.70. The zero-order valence-electron chi connectivity index (χ0n) is 18.0. The number of alkyl halides is 3. The zero-order chi connectivity index (χ0) is 23.6. The highest BCUT2D eigenvalue weighted by Crippen LogP contribution is 2.38. The van der Waals surface area contributed by atoms with Crippen LogP contribution in [0.3, 0.4) is 0 Å². The molecule has 0 bridgehead atoms. The van der Waals surface area contributed by atoms with Crippen LogP contribution in [0.5, 0.6) is 0 Å². The van der Waals surface area contributed by atoms with Crippen molar-refractivity contribution in [3.63, 3.8) is 0 Å². The SMILES string of the molecule is Cc1nccn1-c1ccc(CNC(=O)C2(c3cccc(C(F)(F)F)c3)CCOCC2)cc1F. The van der Waals surface area contributed by atoms with Gasteiger partial charge in [0, 0.05) is 32.2 Å². The average molecular weight is 461 g/mol. The van der Waals surface area contributed by atoms with E-state index in [9.17, 15) is 22.4 Å².